The van der Waals surface area contributed by atoms with Gasteiger partial charge in [0.25, 0.3) is 0 Å². The van der Waals surface area contributed by atoms with Gasteiger partial charge < -0.3 is 9.80 Å². The largest absolute Gasteiger partial charge is 0.340 e. The first-order valence-corrected chi connectivity index (χ1v) is 5.53. The van der Waals surface area contributed by atoms with Crippen molar-refractivity contribution in [2.75, 3.05) is 38.1 Å². The lowest BCUT2D eigenvalue weighted by molar-refractivity contribution is 0.386. The zero-order valence-corrected chi connectivity index (χ0v) is 9.00. The minimum absolute atomic E-state index is 0.818. The summed E-state index contributed by atoms with van der Waals surface area (Å²) in [6.45, 7) is 4.71. The number of nitrogens with zero attached hydrogens (tertiary/aromatic N) is 4. The smallest absolute Gasteiger partial charge is 0.225 e. The van der Waals surface area contributed by atoms with Crippen LogP contribution in [-0.4, -0.2) is 48.1 Å². The molecule has 0 spiro atoms. The fraction of sp³-hybridized carbons (Fsp3) is 0.636. The Morgan fingerprint density at radius 2 is 1.67 bits per heavy atom. The van der Waals surface area contributed by atoms with E-state index >= 15 is 0 Å². The maximum absolute atomic E-state index is 4.31. The quantitative estimate of drug-likeness (QED) is 0.666. The first kappa shape index (κ1) is 9.09. The van der Waals surface area contributed by atoms with Gasteiger partial charge >= 0.3 is 0 Å². The van der Waals surface area contributed by atoms with Crippen LogP contribution in [-0.2, 0) is 0 Å². The van der Waals surface area contributed by atoms with Crippen molar-refractivity contribution < 1.29 is 0 Å². The van der Waals surface area contributed by atoms with E-state index in [4.69, 9.17) is 0 Å². The Balaban J connectivity index is 1.73. The second-order valence-electron chi connectivity index (χ2n) is 4.70. The SMILES string of the molecule is CN1C[C@@H]2CN(c3ncccn3)C[C@@H]2C1. The minimum atomic E-state index is 0.818. The summed E-state index contributed by atoms with van der Waals surface area (Å²) in [5.41, 5.74) is 0. The van der Waals surface area contributed by atoms with E-state index in [-0.39, 0.29) is 0 Å². The van der Waals surface area contributed by atoms with Gasteiger partial charge in [-0.25, -0.2) is 9.97 Å². The van der Waals surface area contributed by atoms with E-state index in [0.29, 0.717) is 0 Å². The van der Waals surface area contributed by atoms with Crippen molar-refractivity contribution in [1.82, 2.24) is 14.9 Å². The van der Waals surface area contributed by atoms with Crippen LogP contribution in [0.3, 0.4) is 0 Å². The van der Waals surface area contributed by atoms with E-state index in [0.717, 1.165) is 30.9 Å². The molecule has 2 aliphatic heterocycles. The third kappa shape index (κ3) is 1.59. The van der Waals surface area contributed by atoms with Gasteiger partial charge in [0, 0.05) is 38.6 Å². The maximum atomic E-state index is 4.31. The highest BCUT2D eigenvalue weighted by molar-refractivity contribution is 5.31. The number of hydrogen-bond donors (Lipinski definition) is 0. The number of likely N-dealkylation sites (tertiary alicyclic amines) is 1. The van der Waals surface area contributed by atoms with Crippen LogP contribution in [0.4, 0.5) is 5.95 Å². The van der Waals surface area contributed by atoms with Crippen molar-refractivity contribution >= 4 is 5.95 Å². The molecule has 2 aliphatic rings. The average molecular weight is 204 g/mol. The number of fused-ring (bicyclic) bond motifs is 1. The second-order valence-corrected chi connectivity index (χ2v) is 4.70. The first-order chi connectivity index (χ1) is 7.33. The molecule has 4 nitrogen and oxygen atoms in total. The average Bonchev–Trinajstić information content (AvgIpc) is 2.76. The van der Waals surface area contributed by atoms with Crippen LogP contribution in [0.1, 0.15) is 0 Å². The van der Waals surface area contributed by atoms with Crippen LogP contribution in [0.2, 0.25) is 0 Å². The molecule has 1 aromatic heterocycles. The van der Waals surface area contributed by atoms with Crippen molar-refractivity contribution in [1.29, 1.82) is 0 Å². The summed E-state index contributed by atoms with van der Waals surface area (Å²) in [7, 11) is 2.21. The maximum Gasteiger partial charge on any atom is 0.225 e. The van der Waals surface area contributed by atoms with Gasteiger partial charge in [0.05, 0.1) is 0 Å². The zero-order chi connectivity index (χ0) is 10.3. The molecule has 2 fully saturated rings. The molecule has 4 heteroatoms. The summed E-state index contributed by atoms with van der Waals surface area (Å²) in [5.74, 6) is 2.53. The second kappa shape index (κ2) is 3.45. The monoisotopic (exact) mass is 204 g/mol. The first-order valence-electron chi connectivity index (χ1n) is 5.53. The van der Waals surface area contributed by atoms with Crippen LogP contribution in [0.25, 0.3) is 0 Å². The fourth-order valence-electron chi connectivity index (χ4n) is 2.85. The molecule has 2 saturated heterocycles. The van der Waals surface area contributed by atoms with Crippen LogP contribution in [0.15, 0.2) is 18.5 Å². The van der Waals surface area contributed by atoms with Crippen LogP contribution < -0.4 is 4.90 Å². The van der Waals surface area contributed by atoms with E-state index in [1.165, 1.54) is 13.1 Å². The predicted molar refractivity (Wildman–Crippen MR) is 58.7 cm³/mol. The van der Waals surface area contributed by atoms with E-state index in [1.54, 1.807) is 0 Å². The summed E-state index contributed by atoms with van der Waals surface area (Å²) >= 11 is 0. The van der Waals surface area contributed by atoms with Crippen molar-refractivity contribution in [3.63, 3.8) is 0 Å². The molecule has 0 aromatic carbocycles. The highest BCUT2D eigenvalue weighted by Gasteiger charge is 2.39. The van der Waals surface area contributed by atoms with E-state index in [1.807, 2.05) is 18.5 Å². The van der Waals surface area contributed by atoms with Gasteiger partial charge in [0.2, 0.25) is 5.95 Å². The summed E-state index contributed by atoms with van der Waals surface area (Å²) in [6.07, 6.45) is 3.64. The molecule has 0 radical (unpaired) electrons. The number of anilines is 1. The number of hydrogen-bond acceptors (Lipinski definition) is 4. The van der Waals surface area contributed by atoms with Crippen LogP contribution >= 0.6 is 0 Å². The van der Waals surface area contributed by atoms with Crippen molar-refractivity contribution in [2.45, 2.75) is 0 Å². The van der Waals surface area contributed by atoms with Crippen LogP contribution in [0, 0.1) is 11.8 Å². The third-order valence-electron chi connectivity index (χ3n) is 3.50. The predicted octanol–water partition coefficient (Wildman–Crippen LogP) is 0.474. The van der Waals surface area contributed by atoms with Gasteiger partial charge in [-0.15, -0.1) is 0 Å². The molecule has 0 amide bonds. The summed E-state index contributed by atoms with van der Waals surface area (Å²) < 4.78 is 0. The molecule has 0 unspecified atom stereocenters. The van der Waals surface area contributed by atoms with Gasteiger partial charge in [0.15, 0.2) is 0 Å². The molecule has 0 bridgehead atoms. The molecule has 3 heterocycles. The van der Waals surface area contributed by atoms with Gasteiger partial charge in [-0.05, 0) is 24.9 Å². The fourth-order valence-corrected chi connectivity index (χ4v) is 2.85. The third-order valence-corrected chi connectivity index (χ3v) is 3.50. The summed E-state index contributed by atoms with van der Waals surface area (Å²) in [4.78, 5) is 13.4. The molecular formula is C11H16N4. The molecule has 0 N–H and O–H groups in total. The summed E-state index contributed by atoms with van der Waals surface area (Å²) in [5, 5.41) is 0. The minimum Gasteiger partial charge on any atom is -0.340 e. The number of aromatic nitrogens is 2. The highest BCUT2D eigenvalue weighted by atomic mass is 15.3. The Bertz CT molecular complexity index is 326. The van der Waals surface area contributed by atoms with Gasteiger partial charge in [0.1, 0.15) is 0 Å². The lowest BCUT2D eigenvalue weighted by Gasteiger charge is -2.18. The zero-order valence-electron chi connectivity index (χ0n) is 9.00. The Labute approximate surface area is 89.9 Å². The molecule has 15 heavy (non-hydrogen) atoms. The van der Waals surface area contributed by atoms with E-state index in [2.05, 4.69) is 26.8 Å². The highest BCUT2D eigenvalue weighted by Crippen LogP contribution is 2.31. The Hall–Kier alpha value is -1.16. The van der Waals surface area contributed by atoms with E-state index < -0.39 is 0 Å². The Morgan fingerprint density at radius 3 is 2.27 bits per heavy atom. The normalized spacial score (nSPS) is 30.9. The lowest BCUT2D eigenvalue weighted by atomic mass is 10.0. The van der Waals surface area contributed by atoms with Crippen molar-refractivity contribution in [3.8, 4) is 0 Å². The molecule has 3 rings (SSSR count). The van der Waals surface area contributed by atoms with Gasteiger partial charge in [-0.3, -0.25) is 0 Å². The van der Waals surface area contributed by atoms with E-state index in [9.17, 15) is 0 Å². The molecular weight excluding hydrogens is 188 g/mol. The Morgan fingerprint density at radius 1 is 1.07 bits per heavy atom. The van der Waals surface area contributed by atoms with Crippen LogP contribution in [0.5, 0.6) is 0 Å². The topological polar surface area (TPSA) is 32.3 Å². The summed E-state index contributed by atoms with van der Waals surface area (Å²) in [6, 6.07) is 1.87. The Kier molecular flexibility index (Phi) is 2.09. The molecule has 2 atom stereocenters. The van der Waals surface area contributed by atoms with Gasteiger partial charge in [-0.2, -0.15) is 0 Å². The van der Waals surface area contributed by atoms with Gasteiger partial charge in [-0.1, -0.05) is 0 Å². The van der Waals surface area contributed by atoms with Crippen molar-refractivity contribution in [2.24, 2.45) is 11.8 Å². The van der Waals surface area contributed by atoms with Crippen molar-refractivity contribution in [3.05, 3.63) is 18.5 Å². The lowest BCUT2D eigenvalue weighted by Crippen LogP contribution is -2.27. The standard InChI is InChI=1S/C11H16N4/c1-14-5-9-7-15(8-10(9)6-14)11-12-3-2-4-13-11/h2-4,9-10H,5-8H2,1H3/t9-,10+. The number of rotatable bonds is 1. The molecule has 80 valence electrons. The molecule has 1 aromatic rings. The molecule has 0 aliphatic carbocycles. The molecule has 0 saturated carbocycles.